The molecule has 0 heterocycles. The molecule has 0 saturated carbocycles. The van der Waals surface area contributed by atoms with E-state index >= 15 is 0 Å². The number of hydrogen-bond donors (Lipinski definition) is 1. The van der Waals surface area contributed by atoms with Crippen molar-refractivity contribution in [1.82, 2.24) is 0 Å². The van der Waals surface area contributed by atoms with Crippen LogP contribution in [0, 0.1) is 0 Å². The van der Waals surface area contributed by atoms with Gasteiger partial charge in [0.05, 0.1) is 6.10 Å². The number of aliphatic hydroxyl groups excluding tert-OH is 1. The van der Waals surface area contributed by atoms with Crippen molar-refractivity contribution in [2.24, 2.45) is 0 Å². The summed E-state index contributed by atoms with van der Waals surface area (Å²) in [6.45, 7) is 0. The van der Waals surface area contributed by atoms with Crippen molar-refractivity contribution in [3.8, 4) is 0 Å². The number of benzene rings is 2. The van der Waals surface area contributed by atoms with Gasteiger partial charge in [-0.05, 0) is 42.9 Å². The van der Waals surface area contributed by atoms with Crippen LogP contribution in [0.4, 0.5) is 0 Å². The van der Waals surface area contributed by atoms with Crippen LogP contribution in [0.2, 0.25) is 0 Å². The van der Waals surface area contributed by atoms with E-state index in [1.807, 2.05) is 36.4 Å². The van der Waals surface area contributed by atoms with Crippen molar-refractivity contribution in [1.29, 1.82) is 0 Å². The topological polar surface area (TPSA) is 20.2 Å². The predicted molar refractivity (Wildman–Crippen MR) is 83.2 cm³/mol. The molecule has 1 unspecified atom stereocenters. The Morgan fingerprint density at radius 1 is 0.842 bits per heavy atom. The Morgan fingerprint density at radius 3 is 2.21 bits per heavy atom. The summed E-state index contributed by atoms with van der Waals surface area (Å²) < 4.78 is 1.13. The normalized spacial score (nSPS) is 12.3. The number of aliphatic hydroxyl groups is 1. The van der Waals surface area contributed by atoms with Gasteiger partial charge in [0.1, 0.15) is 0 Å². The van der Waals surface area contributed by atoms with E-state index in [0.717, 1.165) is 30.2 Å². The van der Waals surface area contributed by atoms with Gasteiger partial charge in [-0.15, -0.1) is 0 Å². The van der Waals surface area contributed by atoms with Gasteiger partial charge in [0.2, 0.25) is 0 Å². The molecule has 2 rings (SSSR count). The maximum atomic E-state index is 10.0. The number of rotatable bonds is 6. The lowest BCUT2D eigenvalue weighted by Gasteiger charge is -2.11. The van der Waals surface area contributed by atoms with Crippen molar-refractivity contribution in [3.63, 3.8) is 0 Å². The minimum absolute atomic E-state index is 0.229. The molecule has 0 saturated heterocycles. The van der Waals surface area contributed by atoms with Gasteiger partial charge in [-0.25, -0.2) is 0 Å². The van der Waals surface area contributed by atoms with Gasteiger partial charge in [-0.2, -0.15) is 0 Å². The van der Waals surface area contributed by atoms with E-state index in [1.54, 1.807) is 0 Å². The fraction of sp³-hybridized carbons (Fsp3) is 0.294. The molecule has 100 valence electrons. The third-order valence-electron chi connectivity index (χ3n) is 3.31. The number of aryl methyl sites for hydroxylation is 2. The molecule has 0 aliphatic heterocycles. The van der Waals surface area contributed by atoms with Crippen LogP contribution in [0.25, 0.3) is 0 Å². The smallest absolute Gasteiger partial charge is 0.0546 e. The first kappa shape index (κ1) is 14.3. The SMILES string of the molecule is OC(CCc1ccccc1)CCc1ccccc1Br. The summed E-state index contributed by atoms with van der Waals surface area (Å²) in [5, 5.41) is 10.0. The zero-order chi connectivity index (χ0) is 13.5. The summed E-state index contributed by atoms with van der Waals surface area (Å²) in [5.74, 6) is 0. The molecule has 2 heteroatoms. The summed E-state index contributed by atoms with van der Waals surface area (Å²) >= 11 is 3.54. The highest BCUT2D eigenvalue weighted by molar-refractivity contribution is 9.10. The quantitative estimate of drug-likeness (QED) is 0.838. The van der Waals surface area contributed by atoms with Crippen LogP contribution in [0.1, 0.15) is 24.0 Å². The van der Waals surface area contributed by atoms with Crippen LogP contribution < -0.4 is 0 Å². The minimum atomic E-state index is -0.229. The second kappa shape index (κ2) is 7.46. The van der Waals surface area contributed by atoms with Crippen LogP contribution in [0.15, 0.2) is 59.1 Å². The molecule has 0 radical (unpaired) electrons. The van der Waals surface area contributed by atoms with Gasteiger partial charge in [-0.3, -0.25) is 0 Å². The van der Waals surface area contributed by atoms with E-state index in [-0.39, 0.29) is 6.10 Å². The zero-order valence-electron chi connectivity index (χ0n) is 10.9. The first-order valence-corrected chi connectivity index (χ1v) is 7.50. The van der Waals surface area contributed by atoms with Crippen molar-refractivity contribution >= 4 is 15.9 Å². The summed E-state index contributed by atoms with van der Waals surface area (Å²) in [5.41, 5.74) is 2.56. The molecule has 1 N–H and O–H groups in total. The highest BCUT2D eigenvalue weighted by Crippen LogP contribution is 2.19. The number of halogens is 1. The fourth-order valence-electron chi connectivity index (χ4n) is 2.15. The monoisotopic (exact) mass is 318 g/mol. The van der Waals surface area contributed by atoms with Crippen molar-refractivity contribution in [2.75, 3.05) is 0 Å². The Kier molecular flexibility index (Phi) is 5.62. The molecule has 0 aliphatic rings. The second-order valence-corrected chi connectivity index (χ2v) is 5.66. The Hall–Kier alpha value is -1.12. The zero-order valence-corrected chi connectivity index (χ0v) is 12.5. The largest absolute Gasteiger partial charge is 0.393 e. The maximum Gasteiger partial charge on any atom is 0.0546 e. The lowest BCUT2D eigenvalue weighted by atomic mass is 10.0. The molecule has 0 bridgehead atoms. The molecule has 19 heavy (non-hydrogen) atoms. The Labute approximate surface area is 123 Å². The molecule has 2 aromatic rings. The molecule has 0 spiro atoms. The summed E-state index contributed by atoms with van der Waals surface area (Å²) in [6.07, 6.45) is 3.27. The van der Waals surface area contributed by atoms with Gasteiger partial charge >= 0.3 is 0 Å². The molecule has 2 aromatic carbocycles. The standard InChI is InChI=1S/C17H19BrO/c18-17-9-5-4-8-15(17)11-13-16(19)12-10-14-6-2-1-3-7-14/h1-9,16,19H,10-13H2. The van der Waals surface area contributed by atoms with Crippen molar-refractivity contribution in [3.05, 3.63) is 70.2 Å². The van der Waals surface area contributed by atoms with Gasteiger partial charge in [0, 0.05) is 4.47 Å². The van der Waals surface area contributed by atoms with E-state index in [2.05, 4.69) is 34.1 Å². The highest BCUT2D eigenvalue weighted by atomic mass is 79.9. The first-order valence-electron chi connectivity index (χ1n) is 6.71. The van der Waals surface area contributed by atoms with Gasteiger partial charge in [0.15, 0.2) is 0 Å². The van der Waals surface area contributed by atoms with Crippen LogP contribution in [-0.2, 0) is 12.8 Å². The third kappa shape index (κ3) is 4.81. The van der Waals surface area contributed by atoms with Gasteiger partial charge in [0.25, 0.3) is 0 Å². The summed E-state index contributed by atoms with van der Waals surface area (Å²) in [4.78, 5) is 0. The Morgan fingerprint density at radius 2 is 1.47 bits per heavy atom. The minimum Gasteiger partial charge on any atom is -0.393 e. The van der Waals surface area contributed by atoms with Crippen molar-refractivity contribution < 1.29 is 5.11 Å². The Bertz CT molecular complexity index is 496. The maximum absolute atomic E-state index is 10.0. The van der Waals surface area contributed by atoms with Crippen LogP contribution >= 0.6 is 15.9 Å². The highest BCUT2D eigenvalue weighted by Gasteiger charge is 2.06. The lowest BCUT2D eigenvalue weighted by molar-refractivity contribution is 0.155. The molecule has 0 aromatic heterocycles. The fourth-order valence-corrected chi connectivity index (χ4v) is 2.63. The molecule has 0 fully saturated rings. The number of hydrogen-bond acceptors (Lipinski definition) is 1. The summed E-state index contributed by atoms with van der Waals surface area (Å²) in [7, 11) is 0. The van der Waals surface area contributed by atoms with E-state index in [0.29, 0.717) is 0 Å². The average Bonchev–Trinajstić information content (AvgIpc) is 2.45. The molecule has 0 amide bonds. The van der Waals surface area contributed by atoms with Crippen molar-refractivity contribution in [2.45, 2.75) is 31.8 Å². The second-order valence-electron chi connectivity index (χ2n) is 4.81. The van der Waals surface area contributed by atoms with E-state index in [4.69, 9.17) is 0 Å². The first-order chi connectivity index (χ1) is 9.25. The lowest BCUT2D eigenvalue weighted by Crippen LogP contribution is -2.09. The Balaban J connectivity index is 1.76. The van der Waals surface area contributed by atoms with Crippen LogP contribution in [-0.4, -0.2) is 11.2 Å². The molecular formula is C17H19BrO. The van der Waals surface area contributed by atoms with Gasteiger partial charge in [-0.1, -0.05) is 64.5 Å². The third-order valence-corrected chi connectivity index (χ3v) is 4.09. The van der Waals surface area contributed by atoms with E-state index in [9.17, 15) is 5.11 Å². The average molecular weight is 319 g/mol. The summed E-state index contributed by atoms with van der Waals surface area (Å²) in [6, 6.07) is 18.5. The molecular weight excluding hydrogens is 300 g/mol. The molecule has 1 nitrogen and oxygen atoms in total. The van der Waals surface area contributed by atoms with Crippen LogP contribution in [0.5, 0.6) is 0 Å². The predicted octanol–water partition coefficient (Wildman–Crippen LogP) is 4.38. The molecule has 0 aliphatic carbocycles. The van der Waals surface area contributed by atoms with E-state index < -0.39 is 0 Å². The van der Waals surface area contributed by atoms with Gasteiger partial charge < -0.3 is 5.11 Å². The van der Waals surface area contributed by atoms with E-state index in [1.165, 1.54) is 11.1 Å². The molecule has 1 atom stereocenters. The van der Waals surface area contributed by atoms with Crippen LogP contribution in [0.3, 0.4) is 0 Å².